The second-order valence-electron chi connectivity index (χ2n) is 4.49. The minimum Gasteiger partial charge on any atom is -0.360 e. The quantitative estimate of drug-likeness (QED) is 0.710. The first-order valence-corrected chi connectivity index (χ1v) is 8.80. The lowest BCUT2D eigenvalue weighted by atomic mass is 10.1. The Morgan fingerprint density at radius 1 is 1.30 bits per heavy atom. The summed E-state index contributed by atoms with van der Waals surface area (Å²) >= 11 is 2.65. The predicted molar refractivity (Wildman–Crippen MR) is 87.9 cm³/mol. The number of nitrogens with zero attached hydrogens (tertiary/aromatic N) is 2. The molecule has 0 saturated heterocycles. The first-order valence-electron chi connectivity index (χ1n) is 7.00. The van der Waals surface area contributed by atoms with Crippen molar-refractivity contribution >= 4 is 34.1 Å². The Bertz CT molecular complexity index is 646. The monoisotopic (exact) mass is 358 g/mol. The summed E-state index contributed by atoms with van der Waals surface area (Å²) in [6, 6.07) is 3.72. The molecular weight excluding hydrogens is 342 g/mol. The molecule has 2 rings (SSSR count). The van der Waals surface area contributed by atoms with E-state index in [0.29, 0.717) is 9.47 Å². The maximum absolute atomic E-state index is 13.4. The molecule has 0 aliphatic rings. The molecule has 0 bridgehead atoms. The van der Waals surface area contributed by atoms with Crippen molar-refractivity contribution in [3.05, 3.63) is 35.4 Å². The van der Waals surface area contributed by atoms with Crippen LogP contribution < -0.4 is 10.6 Å². The molecule has 5 nitrogen and oxygen atoms in total. The van der Waals surface area contributed by atoms with Crippen molar-refractivity contribution in [3.63, 3.8) is 0 Å². The summed E-state index contributed by atoms with van der Waals surface area (Å²) in [5.74, 6) is -1.23. The maximum Gasteiger partial charge on any atom is 0.230 e. The fraction of sp³-hybridized carbons (Fsp3) is 0.357. The summed E-state index contributed by atoms with van der Waals surface area (Å²) in [6.07, 6.45) is 0.109. The average Bonchev–Trinajstić information content (AvgIpc) is 2.96. The van der Waals surface area contributed by atoms with Gasteiger partial charge in [0.1, 0.15) is 11.6 Å². The van der Waals surface area contributed by atoms with Crippen molar-refractivity contribution in [2.75, 3.05) is 24.2 Å². The normalized spacial score (nSPS) is 10.6. The maximum atomic E-state index is 13.4. The van der Waals surface area contributed by atoms with Gasteiger partial charge in [0.25, 0.3) is 0 Å². The van der Waals surface area contributed by atoms with Crippen LogP contribution in [0.3, 0.4) is 0 Å². The van der Waals surface area contributed by atoms with E-state index in [1.165, 1.54) is 41.3 Å². The van der Waals surface area contributed by atoms with E-state index < -0.39 is 11.6 Å². The van der Waals surface area contributed by atoms with Gasteiger partial charge in [-0.15, -0.1) is 10.2 Å². The van der Waals surface area contributed by atoms with Gasteiger partial charge in [-0.25, -0.2) is 8.78 Å². The van der Waals surface area contributed by atoms with Crippen LogP contribution in [0.15, 0.2) is 22.5 Å². The molecule has 0 aliphatic carbocycles. The first kappa shape index (κ1) is 17.6. The number of anilines is 1. The zero-order valence-electron chi connectivity index (χ0n) is 12.4. The second kappa shape index (κ2) is 8.78. The van der Waals surface area contributed by atoms with Gasteiger partial charge in [-0.3, -0.25) is 4.79 Å². The summed E-state index contributed by atoms with van der Waals surface area (Å²) in [5.41, 5.74) is -0.0140. The van der Waals surface area contributed by atoms with Gasteiger partial charge >= 0.3 is 0 Å². The highest BCUT2D eigenvalue weighted by atomic mass is 32.2. The molecular formula is C14H16F2N4OS2. The lowest BCUT2D eigenvalue weighted by Crippen LogP contribution is -2.27. The van der Waals surface area contributed by atoms with Crippen LogP contribution in [-0.2, 0) is 11.2 Å². The van der Waals surface area contributed by atoms with Crippen molar-refractivity contribution < 1.29 is 13.6 Å². The Balaban J connectivity index is 1.72. The van der Waals surface area contributed by atoms with Crippen LogP contribution in [-0.4, -0.2) is 34.9 Å². The van der Waals surface area contributed by atoms with E-state index in [9.17, 15) is 13.6 Å². The van der Waals surface area contributed by atoms with E-state index in [1.807, 2.05) is 6.92 Å². The molecule has 1 aromatic heterocycles. The molecule has 0 atom stereocenters. The number of halogens is 2. The minimum atomic E-state index is -0.599. The number of hydrogen-bond acceptors (Lipinski definition) is 6. The molecule has 1 heterocycles. The Hall–Kier alpha value is -1.74. The van der Waals surface area contributed by atoms with Gasteiger partial charge in [-0.05, 0) is 25.5 Å². The molecule has 0 unspecified atom stereocenters. The largest absolute Gasteiger partial charge is 0.360 e. The van der Waals surface area contributed by atoms with Crippen molar-refractivity contribution in [2.24, 2.45) is 0 Å². The standard InChI is InChI=1S/C14H16F2N4OS2/c1-2-17-13-19-20-14(23-13)22-8-12(21)18-7-6-9-10(15)4-3-5-11(9)16/h3-5H,2,6-8H2,1H3,(H,17,19)(H,18,21). The summed E-state index contributed by atoms with van der Waals surface area (Å²) < 4.78 is 27.6. The van der Waals surface area contributed by atoms with Crippen LogP contribution in [0.25, 0.3) is 0 Å². The Morgan fingerprint density at radius 2 is 2.04 bits per heavy atom. The second-order valence-corrected chi connectivity index (χ2v) is 6.69. The molecule has 1 amide bonds. The zero-order valence-corrected chi connectivity index (χ0v) is 14.1. The predicted octanol–water partition coefficient (Wildman–Crippen LogP) is 2.70. The van der Waals surface area contributed by atoms with Crippen molar-refractivity contribution in [3.8, 4) is 0 Å². The number of benzene rings is 1. The molecule has 0 radical (unpaired) electrons. The number of rotatable bonds is 8. The number of carbonyl (C=O) groups excluding carboxylic acids is 1. The lowest BCUT2D eigenvalue weighted by Gasteiger charge is -2.06. The number of carbonyl (C=O) groups is 1. The van der Waals surface area contributed by atoms with Crippen LogP contribution in [0.2, 0.25) is 0 Å². The smallest absolute Gasteiger partial charge is 0.230 e. The molecule has 0 fully saturated rings. The molecule has 0 spiro atoms. The number of hydrogen-bond donors (Lipinski definition) is 2. The molecule has 0 saturated carbocycles. The van der Waals surface area contributed by atoms with Crippen LogP contribution in [0.5, 0.6) is 0 Å². The highest BCUT2D eigenvalue weighted by Gasteiger charge is 2.10. The third-order valence-electron chi connectivity index (χ3n) is 2.82. The van der Waals surface area contributed by atoms with Crippen LogP contribution in [0.4, 0.5) is 13.9 Å². The summed E-state index contributed by atoms with van der Waals surface area (Å²) in [5, 5.41) is 14.3. The molecule has 124 valence electrons. The molecule has 2 aromatic rings. The molecule has 23 heavy (non-hydrogen) atoms. The number of thioether (sulfide) groups is 1. The zero-order chi connectivity index (χ0) is 16.7. The Morgan fingerprint density at radius 3 is 2.74 bits per heavy atom. The number of nitrogens with one attached hydrogen (secondary N) is 2. The topological polar surface area (TPSA) is 66.9 Å². The van der Waals surface area contributed by atoms with E-state index >= 15 is 0 Å². The Kier molecular flexibility index (Phi) is 6.72. The lowest BCUT2D eigenvalue weighted by molar-refractivity contribution is -0.118. The third kappa shape index (κ3) is 5.43. The van der Waals surface area contributed by atoms with Gasteiger partial charge in [0.15, 0.2) is 4.34 Å². The van der Waals surface area contributed by atoms with E-state index in [-0.39, 0.29) is 30.2 Å². The van der Waals surface area contributed by atoms with E-state index in [2.05, 4.69) is 20.8 Å². The minimum absolute atomic E-state index is 0.0140. The van der Waals surface area contributed by atoms with Gasteiger partial charge in [0.05, 0.1) is 5.75 Å². The first-order chi connectivity index (χ1) is 11.1. The summed E-state index contributed by atoms with van der Waals surface area (Å²) in [6.45, 7) is 2.89. The molecule has 9 heteroatoms. The Labute approximate surface area is 140 Å². The number of aromatic nitrogens is 2. The van der Waals surface area contributed by atoms with Gasteiger partial charge < -0.3 is 10.6 Å². The van der Waals surface area contributed by atoms with E-state index in [0.717, 1.165) is 6.54 Å². The van der Waals surface area contributed by atoms with Crippen LogP contribution in [0.1, 0.15) is 12.5 Å². The van der Waals surface area contributed by atoms with Crippen molar-refractivity contribution in [2.45, 2.75) is 17.7 Å². The average molecular weight is 358 g/mol. The SMILES string of the molecule is CCNc1nnc(SCC(=O)NCCc2c(F)cccc2F)s1. The van der Waals surface area contributed by atoms with Crippen LogP contribution in [0, 0.1) is 11.6 Å². The highest BCUT2D eigenvalue weighted by Crippen LogP contribution is 2.24. The van der Waals surface area contributed by atoms with Gasteiger partial charge in [0, 0.05) is 18.7 Å². The third-order valence-corrected chi connectivity index (χ3v) is 4.83. The van der Waals surface area contributed by atoms with E-state index in [1.54, 1.807) is 0 Å². The van der Waals surface area contributed by atoms with Crippen LogP contribution >= 0.6 is 23.1 Å². The van der Waals surface area contributed by atoms with Gasteiger partial charge in [-0.1, -0.05) is 29.2 Å². The summed E-state index contributed by atoms with van der Waals surface area (Å²) in [4.78, 5) is 11.7. The number of amides is 1. The summed E-state index contributed by atoms with van der Waals surface area (Å²) in [7, 11) is 0. The molecule has 0 aliphatic heterocycles. The van der Waals surface area contributed by atoms with Gasteiger partial charge in [-0.2, -0.15) is 0 Å². The molecule has 1 aromatic carbocycles. The fourth-order valence-electron chi connectivity index (χ4n) is 1.77. The highest BCUT2D eigenvalue weighted by molar-refractivity contribution is 8.01. The fourth-order valence-corrected chi connectivity index (χ4v) is 3.42. The van der Waals surface area contributed by atoms with Crippen molar-refractivity contribution in [1.82, 2.24) is 15.5 Å². The molecule has 2 N–H and O–H groups in total. The van der Waals surface area contributed by atoms with Crippen molar-refractivity contribution in [1.29, 1.82) is 0 Å². The van der Waals surface area contributed by atoms with Gasteiger partial charge in [0.2, 0.25) is 11.0 Å². The van der Waals surface area contributed by atoms with E-state index in [4.69, 9.17) is 0 Å².